The minimum Gasteiger partial charge on any atom is -0.339 e. The normalized spacial score (nSPS) is 15.9. The van der Waals surface area contributed by atoms with Crippen molar-refractivity contribution in [2.75, 3.05) is 26.7 Å². The monoisotopic (exact) mass is 389 g/mol. The van der Waals surface area contributed by atoms with E-state index in [0.717, 1.165) is 65.0 Å². The van der Waals surface area contributed by atoms with Crippen molar-refractivity contribution < 1.29 is 4.79 Å². The summed E-state index contributed by atoms with van der Waals surface area (Å²) in [5, 5.41) is 4.15. The number of amides is 1. The van der Waals surface area contributed by atoms with Crippen LogP contribution in [-0.4, -0.2) is 42.5 Å². The molecule has 0 spiro atoms. The van der Waals surface area contributed by atoms with Crippen LogP contribution in [0.25, 0.3) is 10.9 Å². The number of rotatable bonds is 4. The number of aryl methyl sites for hydroxylation is 1. The van der Waals surface area contributed by atoms with Crippen molar-refractivity contribution in [1.29, 1.82) is 0 Å². The summed E-state index contributed by atoms with van der Waals surface area (Å²) in [5.74, 6) is 0.869. The average Bonchev–Trinajstić information content (AvgIpc) is 2.58. The van der Waals surface area contributed by atoms with Crippen molar-refractivity contribution in [3.63, 3.8) is 0 Å². The fourth-order valence-electron chi connectivity index (χ4n) is 3.45. The highest BCUT2D eigenvalue weighted by molar-refractivity contribution is 9.10. The Morgan fingerprint density at radius 2 is 2.08 bits per heavy atom. The number of nitrogens with one attached hydrogen (secondary N) is 1. The molecule has 0 bridgehead atoms. The molecule has 1 aliphatic rings. The molecule has 3 rings (SSSR count). The summed E-state index contributed by atoms with van der Waals surface area (Å²) < 4.78 is 0.983. The molecular weight excluding hydrogens is 366 g/mol. The van der Waals surface area contributed by atoms with Crippen molar-refractivity contribution in [3.05, 3.63) is 40.0 Å². The highest BCUT2D eigenvalue weighted by Crippen LogP contribution is 2.26. The van der Waals surface area contributed by atoms with Gasteiger partial charge in [-0.15, -0.1) is 0 Å². The minimum absolute atomic E-state index is 0.139. The van der Waals surface area contributed by atoms with Gasteiger partial charge in [-0.25, -0.2) is 0 Å². The van der Waals surface area contributed by atoms with Crippen LogP contribution >= 0.6 is 15.9 Å². The number of halogens is 1. The zero-order valence-electron chi connectivity index (χ0n) is 14.3. The van der Waals surface area contributed by atoms with Crippen molar-refractivity contribution >= 4 is 32.7 Å². The molecule has 0 saturated carbocycles. The van der Waals surface area contributed by atoms with Crippen molar-refractivity contribution in [2.45, 2.75) is 26.2 Å². The second-order valence-electron chi connectivity index (χ2n) is 6.60. The molecule has 0 atom stereocenters. The molecule has 1 fully saturated rings. The molecule has 4 nitrogen and oxygen atoms in total. The third kappa shape index (κ3) is 3.78. The first-order valence-electron chi connectivity index (χ1n) is 8.59. The van der Waals surface area contributed by atoms with Crippen LogP contribution in [0.1, 0.15) is 35.3 Å². The van der Waals surface area contributed by atoms with E-state index in [-0.39, 0.29) is 5.91 Å². The number of likely N-dealkylation sites (tertiary alicyclic amines) is 1. The molecule has 1 N–H and O–H groups in total. The van der Waals surface area contributed by atoms with Gasteiger partial charge in [-0.3, -0.25) is 9.78 Å². The van der Waals surface area contributed by atoms with Gasteiger partial charge in [0.05, 0.1) is 11.1 Å². The van der Waals surface area contributed by atoms with Crippen LogP contribution in [0.15, 0.2) is 28.7 Å². The first-order valence-corrected chi connectivity index (χ1v) is 9.38. The number of carbonyl (C=O) groups excluding carboxylic acids is 1. The summed E-state index contributed by atoms with van der Waals surface area (Å²) in [5.41, 5.74) is 2.53. The number of nitrogens with zero attached hydrogens (tertiary/aromatic N) is 2. The Kier molecular flexibility index (Phi) is 5.51. The molecule has 0 aliphatic carbocycles. The highest BCUT2D eigenvalue weighted by atomic mass is 79.9. The fraction of sp³-hybridized carbons (Fsp3) is 0.474. The van der Waals surface area contributed by atoms with Gasteiger partial charge in [-0.1, -0.05) is 22.0 Å². The number of hydrogen-bond donors (Lipinski definition) is 1. The molecular formula is C19H24BrN3O. The zero-order valence-corrected chi connectivity index (χ0v) is 15.9. The molecule has 1 aromatic carbocycles. The smallest absolute Gasteiger partial charge is 0.254 e. The average molecular weight is 390 g/mol. The molecule has 1 saturated heterocycles. The summed E-state index contributed by atoms with van der Waals surface area (Å²) in [6, 6.07) is 7.85. The predicted molar refractivity (Wildman–Crippen MR) is 101 cm³/mol. The van der Waals surface area contributed by atoms with Crippen LogP contribution in [0.3, 0.4) is 0 Å². The Morgan fingerprint density at radius 1 is 1.33 bits per heavy atom. The number of fused-ring (bicyclic) bond motifs is 1. The van der Waals surface area contributed by atoms with Gasteiger partial charge >= 0.3 is 0 Å². The summed E-state index contributed by atoms with van der Waals surface area (Å²) in [4.78, 5) is 19.6. The van der Waals surface area contributed by atoms with E-state index in [1.165, 1.54) is 6.42 Å². The van der Waals surface area contributed by atoms with Crippen LogP contribution in [-0.2, 0) is 0 Å². The SMILES string of the molecule is CNCCC1CCN(C(=O)c2cc(C)nc3cc(Br)ccc23)CC1. The van der Waals surface area contributed by atoms with Crippen LogP contribution in [0.4, 0.5) is 0 Å². The van der Waals surface area contributed by atoms with E-state index in [4.69, 9.17) is 0 Å². The van der Waals surface area contributed by atoms with Gasteiger partial charge in [0.25, 0.3) is 5.91 Å². The van der Waals surface area contributed by atoms with Gasteiger partial charge in [-0.05, 0) is 63.9 Å². The van der Waals surface area contributed by atoms with E-state index in [2.05, 4.69) is 26.2 Å². The second kappa shape index (κ2) is 7.62. The van der Waals surface area contributed by atoms with Crippen LogP contribution < -0.4 is 5.32 Å². The number of aromatic nitrogens is 1. The van der Waals surface area contributed by atoms with E-state index in [1.807, 2.05) is 43.1 Å². The standard InChI is InChI=1S/C19H24BrN3O/c1-13-11-17(16-4-3-15(20)12-18(16)22-13)19(24)23-9-6-14(7-10-23)5-8-21-2/h3-4,11-12,14,21H,5-10H2,1-2H3. The van der Waals surface area contributed by atoms with Gasteiger partial charge in [-0.2, -0.15) is 0 Å². The first-order chi connectivity index (χ1) is 11.6. The quantitative estimate of drug-likeness (QED) is 0.865. The lowest BCUT2D eigenvalue weighted by Crippen LogP contribution is -2.39. The topological polar surface area (TPSA) is 45.2 Å². The fourth-order valence-corrected chi connectivity index (χ4v) is 3.80. The minimum atomic E-state index is 0.139. The molecule has 24 heavy (non-hydrogen) atoms. The maximum Gasteiger partial charge on any atom is 0.254 e. The lowest BCUT2D eigenvalue weighted by atomic mass is 9.93. The van der Waals surface area contributed by atoms with Crippen molar-refractivity contribution in [1.82, 2.24) is 15.2 Å². The lowest BCUT2D eigenvalue weighted by Gasteiger charge is -2.32. The molecule has 1 aromatic heterocycles. The lowest BCUT2D eigenvalue weighted by molar-refractivity contribution is 0.0689. The Labute approximate surface area is 151 Å². The molecule has 0 unspecified atom stereocenters. The van der Waals surface area contributed by atoms with Crippen molar-refractivity contribution in [3.8, 4) is 0 Å². The highest BCUT2D eigenvalue weighted by Gasteiger charge is 2.24. The van der Waals surface area contributed by atoms with E-state index < -0.39 is 0 Å². The molecule has 1 aliphatic heterocycles. The van der Waals surface area contributed by atoms with Gasteiger partial charge < -0.3 is 10.2 Å². The third-order valence-corrected chi connectivity index (χ3v) is 5.33. The molecule has 2 heterocycles. The van der Waals surface area contributed by atoms with Crippen LogP contribution in [0.2, 0.25) is 0 Å². The van der Waals surface area contributed by atoms with Gasteiger partial charge in [0.15, 0.2) is 0 Å². The van der Waals surface area contributed by atoms with Gasteiger partial charge in [0.1, 0.15) is 0 Å². The second-order valence-corrected chi connectivity index (χ2v) is 7.52. The molecule has 1 amide bonds. The Balaban J connectivity index is 1.80. The number of carbonyl (C=O) groups is 1. The maximum absolute atomic E-state index is 13.0. The van der Waals surface area contributed by atoms with Crippen LogP contribution in [0, 0.1) is 12.8 Å². The first kappa shape index (κ1) is 17.4. The predicted octanol–water partition coefficient (Wildman–Crippen LogP) is 3.77. The Bertz CT molecular complexity index is 733. The third-order valence-electron chi connectivity index (χ3n) is 4.83. The largest absolute Gasteiger partial charge is 0.339 e. The number of piperidine rings is 1. The number of hydrogen-bond acceptors (Lipinski definition) is 3. The van der Waals surface area contributed by atoms with Crippen LogP contribution in [0.5, 0.6) is 0 Å². The summed E-state index contributed by atoms with van der Waals surface area (Å²) in [7, 11) is 1.99. The molecule has 5 heteroatoms. The molecule has 2 aromatic rings. The molecule has 128 valence electrons. The summed E-state index contributed by atoms with van der Waals surface area (Å²) in [6.45, 7) is 4.71. The van der Waals surface area contributed by atoms with E-state index >= 15 is 0 Å². The Hall–Kier alpha value is -1.46. The zero-order chi connectivity index (χ0) is 17.1. The van der Waals surface area contributed by atoms with E-state index in [9.17, 15) is 4.79 Å². The van der Waals surface area contributed by atoms with E-state index in [0.29, 0.717) is 0 Å². The molecule has 0 radical (unpaired) electrons. The van der Waals surface area contributed by atoms with Crippen molar-refractivity contribution in [2.24, 2.45) is 5.92 Å². The Morgan fingerprint density at radius 3 is 2.79 bits per heavy atom. The maximum atomic E-state index is 13.0. The summed E-state index contributed by atoms with van der Waals surface area (Å²) >= 11 is 3.48. The number of pyridine rings is 1. The number of benzene rings is 1. The summed E-state index contributed by atoms with van der Waals surface area (Å²) in [6.07, 6.45) is 3.39. The van der Waals surface area contributed by atoms with Gasteiger partial charge in [0.2, 0.25) is 0 Å². The van der Waals surface area contributed by atoms with Gasteiger partial charge in [0, 0.05) is 28.6 Å². The van der Waals surface area contributed by atoms with E-state index in [1.54, 1.807) is 0 Å².